The van der Waals surface area contributed by atoms with Crippen molar-refractivity contribution >= 4 is 29.1 Å². The third-order valence-electron chi connectivity index (χ3n) is 3.35. The Morgan fingerprint density at radius 3 is 2.33 bits per heavy atom. The first-order chi connectivity index (χ1) is 11.6. The maximum Gasteiger partial charge on any atom is 0.251 e. The van der Waals surface area contributed by atoms with Gasteiger partial charge in [-0.05, 0) is 55.0 Å². The normalized spacial score (nSPS) is 10.1. The third-order valence-corrected chi connectivity index (χ3v) is 3.60. The molecule has 0 aliphatic rings. The van der Waals surface area contributed by atoms with Gasteiger partial charge in [0.25, 0.3) is 5.91 Å². The van der Waals surface area contributed by atoms with Crippen molar-refractivity contribution in [1.82, 2.24) is 5.32 Å². The molecule has 0 unspecified atom stereocenters. The maximum absolute atomic E-state index is 11.9. The van der Waals surface area contributed by atoms with Gasteiger partial charge in [-0.25, -0.2) is 0 Å². The van der Waals surface area contributed by atoms with Crippen LogP contribution < -0.4 is 15.4 Å². The van der Waals surface area contributed by atoms with Crippen molar-refractivity contribution in [3.63, 3.8) is 0 Å². The predicted octanol–water partition coefficient (Wildman–Crippen LogP) is 3.50. The van der Waals surface area contributed by atoms with Crippen LogP contribution in [0.5, 0.6) is 5.75 Å². The molecule has 0 aliphatic heterocycles. The molecule has 0 fully saturated rings. The Labute approximate surface area is 146 Å². The van der Waals surface area contributed by atoms with E-state index in [1.807, 2.05) is 0 Å². The number of nitrogens with one attached hydrogen (secondary N) is 2. The molecule has 0 spiro atoms. The van der Waals surface area contributed by atoms with Crippen LogP contribution in [0.4, 0.5) is 5.69 Å². The van der Waals surface area contributed by atoms with Gasteiger partial charge in [0.1, 0.15) is 5.75 Å². The molecule has 0 aliphatic carbocycles. The van der Waals surface area contributed by atoms with Crippen LogP contribution in [0.2, 0.25) is 5.02 Å². The highest BCUT2D eigenvalue weighted by Gasteiger charge is 2.06. The summed E-state index contributed by atoms with van der Waals surface area (Å²) in [7, 11) is 1.59. The van der Waals surface area contributed by atoms with Crippen LogP contribution in [-0.4, -0.2) is 25.5 Å². The number of methoxy groups -OCH3 is 1. The molecule has 24 heavy (non-hydrogen) atoms. The molecule has 2 aromatic rings. The van der Waals surface area contributed by atoms with Gasteiger partial charge in [0.15, 0.2) is 0 Å². The van der Waals surface area contributed by atoms with E-state index in [9.17, 15) is 9.59 Å². The summed E-state index contributed by atoms with van der Waals surface area (Å²) in [5.74, 6) is 0.459. The summed E-state index contributed by atoms with van der Waals surface area (Å²) in [6.07, 6.45) is 0.883. The number of carbonyl (C=O) groups excluding carboxylic acids is 2. The number of anilines is 1. The largest absolute Gasteiger partial charge is 0.497 e. The molecule has 0 bridgehead atoms. The van der Waals surface area contributed by atoms with Crippen molar-refractivity contribution < 1.29 is 14.3 Å². The summed E-state index contributed by atoms with van der Waals surface area (Å²) in [6.45, 7) is 0.428. The molecule has 6 heteroatoms. The summed E-state index contributed by atoms with van der Waals surface area (Å²) in [4.78, 5) is 23.7. The molecule has 0 saturated carbocycles. The van der Waals surface area contributed by atoms with Crippen molar-refractivity contribution in [1.29, 1.82) is 0 Å². The average molecular weight is 347 g/mol. The Balaban J connectivity index is 1.68. The molecule has 0 radical (unpaired) electrons. The fraction of sp³-hybridized carbons (Fsp3) is 0.222. The number of benzene rings is 2. The number of halogens is 1. The lowest BCUT2D eigenvalue weighted by molar-refractivity contribution is -0.116. The summed E-state index contributed by atoms with van der Waals surface area (Å²) in [6, 6.07) is 13.8. The molecule has 126 valence electrons. The molecular weight excluding hydrogens is 328 g/mol. The molecular formula is C18H19ClN2O3. The fourth-order valence-electron chi connectivity index (χ4n) is 2.05. The number of ether oxygens (including phenoxy) is 1. The SMILES string of the molecule is COc1ccc(NC(=O)CCCNC(=O)c2ccc(Cl)cc2)cc1. The van der Waals surface area contributed by atoms with E-state index in [4.69, 9.17) is 16.3 Å². The van der Waals surface area contributed by atoms with E-state index in [1.54, 1.807) is 55.6 Å². The Kier molecular flexibility index (Phi) is 6.63. The van der Waals surface area contributed by atoms with Gasteiger partial charge in [-0.3, -0.25) is 9.59 Å². The Bertz CT molecular complexity index is 684. The van der Waals surface area contributed by atoms with Crippen LogP contribution >= 0.6 is 11.6 Å². The summed E-state index contributed by atoms with van der Waals surface area (Å²) >= 11 is 5.78. The lowest BCUT2D eigenvalue weighted by Gasteiger charge is -2.07. The zero-order chi connectivity index (χ0) is 17.4. The van der Waals surface area contributed by atoms with Crippen LogP contribution in [0.15, 0.2) is 48.5 Å². The van der Waals surface area contributed by atoms with E-state index in [2.05, 4.69) is 10.6 Å². The number of rotatable bonds is 7. The van der Waals surface area contributed by atoms with Gasteiger partial charge < -0.3 is 15.4 Å². The Morgan fingerprint density at radius 1 is 1.04 bits per heavy atom. The topological polar surface area (TPSA) is 67.4 Å². The molecule has 2 amide bonds. The minimum atomic E-state index is -0.178. The molecule has 2 aromatic carbocycles. The standard InChI is InChI=1S/C18H19ClN2O3/c1-24-16-10-8-15(9-11-16)21-17(22)3-2-12-20-18(23)13-4-6-14(19)7-5-13/h4-11H,2-3,12H2,1H3,(H,20,23)(H,21,22). The van der Waals surface area contributed by atoms with Gasteiger partial charge in [-0.2, -0.15) is 0 Å². The van der Waals surface area contributed by atoms with Gasteiger partial charge in [0.05, 0.1) is 7.11 Å². The first kappa shape index (κ1) is 17.8. The molecule has 5 nitrogen and oxygen atoms in total. The minimum absolute atomic E-state index is 0.0964. The fourth-order valence-corrected chi connectivity index (χ4v) is 2.18. The Hall–Kier alpha value is -2.53. The minimum Gasteiger partial charge on any atom is -0.497 e. The highest BCUT2D eigenvalue weighted by Crippen LogP contribution is 2.15. The first-order valence-corrected chi connectivity index (χ1v) is 7.94. The molecule has 2 rings (SSSR count). The molecule has 2 N–H and O–H groups in total. The van der Waals surface area contributed by atoms with Crippen LogP contribution in [0, 0.1) is 0 Å². The van der Waals surface area contributed by atoms with Gasteiger partial charge >= 0.3 is 0 Å². The summed E-state index contributed by atoms with van der Waals surface area (Å²) < 4.78 is 5.06. The van der Waals surface area contributed by atoms with Crippen molar-refractivity contribution in [2.45, 2.75) is 12.8 Å². The Morgan fingerprint density at radius 2 is 1.71 bits per heavy atom. The third kappa shape index (κ3) is 5.59. The monoisotopic (exact) mass is 346 g/mol. The quantitative estimate of drug-likeness (QED) is 0.754. The molecule has 0 saturated heterocycles. The molecule has 0 heterocycles. The van der Waals surface area contributed by atoms with Gasteiger partial charge in [0, 0.05) is 29.2 Å². The van der Waals surface area contributed by atoms with E-state index in [0.29, 0.717) is 35.7 Å². The second-order valence-electron chi connectivity index (χ2n) is 5.14. The summed E-state index contributed by atoms with van der Waals surface area (Å²) in [5, 5.41) is 6.16. The second kappa shape index (κ2) is 8.93. The smallest absolute Gasteiger partial charge is 0.251 e. The maximum atomic E-state index is 11.9. The van der Waals surface area contributed by atoms with Crippen molar-refractivity contribution in [2.24, 2.45) is 0 Å². The highest BCUT2D eigenvalue weighted by atomic mass is 35.5. The van der Waals surface area contributed by atoms with E-state index >= 15 is 0 Å². The molecule has 0 aromatic heterocycles. The number of carbonyl (C=O) groups is 2. The van der Waals surface area contributed by atoms with Crippen molar-refractivity contribution in [3.8, 4) is 5.75 Å². The number of hydrogen-bond acceptors (Lipinski definition) is 3. The van der Waals surface area contributed by atoms with E-state index in [-0.39, 0.29) is 11.8 Å². The van der Waals surface area contributed by atoms with Crippen LogP contribution in [0.3, 0.4) is 0 Å². The average Bonchev–Trinajstić information content (AvgIpc) is 2.60. The zero-order valence-electron chi connectivity index (χ0n) is 13.3. The van der Waals surface area contributed by atoms with Crippen LogP contribution in [0.1, 0.15) is 23.2 Å². The second-order valence-corrected chi connectivity index (χ2v) is 5.58. The van der Waals surface area contributed by atoms with Crippen LogP contribution in [-0.2, 0) is 4.79 Å². The summed E-state index contributed by atoms with van der Waals surface area (Å²) in [5.41, 5.74) is 1.26. The lowest BCUT2D eigenvalue weighted by Crippen LogP contribution is -2.25. The van der Waals surface area contributed by atoms with E-state index in [0.717, 1.165) is 5.75 Å². The predicted molar refractivity (Wildman–Crippen MR) is 94.6 cm³/mol. The number of amides is 2. The first-order valence-electron chi connectivity index (χ1n) is 7.56. The van der Waals surface area contributed by atoms with Crippen molar-refractivity contribution in [2.75, 3.05) is 19.0 Å². The zero-order valence-corrected chi connectivity index (χ0v) is 14.1. The highest BCUT2D eigenvalue weighted by molar-refractivity contribution is 6.30. The van der Waals surface area contributed by atoms with E-state index in [1.165, 1.54) is 0 Å². The van der Waals surface area contributed by atoms with Crippen molar-refractivity contribution in [3.05, 3.63) is 59.1 Å². The number of hydrogen-bond donors (Lipinski definition) is 2. The van der Waals surface area contributed by atoms with Gasteiger partial charge in [-0.15, -0.1) is 0 Å². The molecule has 0 atom stereocenters. The van der Waals surface area contributed by atoms with Gasteiger partial charge in [-0.1, -0.05) is 11.6 Å². The van der Waals surface area contributed by atoms with E-state index < -0.39 is 0 Å². The lowest BCUT2D eigenvalue weighted by atomic mass is 10.2. The van der Waals surface area contributed by atoms with Crippen LogP contribution in [0.25, 0.3) is 0 Å². The van der Waals surface area contributed by atoms with Gasteiger partial charge in [0.2, 0.25) is 5.91 Å².